The lowest BCUT2D eigenvalue weighted by molar-refractivity contribution is 0.102. The van der Waals surface area contributed by atoms with Gasteiger partial charge in [0.1, 0.15) is 22.9 Å². The van der Waals surface area contributed by atoms with Crippen LogP contribution in [0.4, 0.5) is 5.82 Å². The van der Waals surface area contributed by atoms with Gasteiger partial charge in [-0.25, -0.2) is 4.98 Å². The van der Waals surface area contributed by atoms with Gasteiger partial charge in [-0.3, -0.25) is 9.20 Å². The Kier molecular flexibility index (Phi) is 5.49. The number of rotatable bonds is 6. The van der Waals surface area contributed by atoms with Crippen LogP contribution in [0.5, 0.6) is 17.2 Å². The van der Waals surface area contributed by atoms with Gasteiger partial charge in [0, 0.05) is 23.9 Å². The fourth-order valence-electron chi connectivity index (χ4n) is 3.45. The molecule has 7 nitrogen and oxygen atoms in total. The summed E-state index contributed by atoms with van der Waals surface area (Å²) in [5.74, 6) is 1.52. The molecule has 1 N–H and O–H groups in total. The summed E-state index contributed by atoms with van der Waals surface area (Å²) in [6.07, 6.45) is 1.94. The standard InChI is InChI=1S/C24H23N3O4/c1-15-10-11-21-25-22(16-8-6-5-7-9-16)23(27(21)14-15)26-24(28)17-12-19(30-3)20(31-4)13-18(17)29-2/h5-14H,1-4H3,(H,26,28). The molecular formula is C24H23N3O4. The molecule has 158 valence electrons. The number of carbonyl (C=O) groups is 1. The third-order valence-corrected chi connectivity index (χ3v) is 5.00. The van der Waals surface area contributed by atoms with E-state index in [2.05, 4.69) is 5.32 Å². The Morgan fingerprint density at radius 3 is 2.26 bits per heavy atom. The van der Waals surface area contributed by atoms with Crippen LogP contribution in [0.3, 0.4) is 0 Å². The molecule has 0 aliphatic carbocycles. The molecule has 1 amide bonds. The van der Waals surface area contributed by atoms with E-state index in [0.29, 0.717) is 34.3 Å². The number of hydrogen-bond donors (Lipinski definition) is 1. The summed E-state index contributed by atoms with van der Waals surface area (Å²) in [5, 5.41) is 3.02. The van der Waals surface area contributed by atoms with Gasteiger partial charge in [0.05, 0.1) is 26.9 Å². The molecule has 0 radical (unpaired) electrons. The number of pyridine rings is 1. The third kappa shape index (κ3) is 3.77. The molecule has 7 heteroatoms. The predicted molar refractivity (Wildman–Crippen MR) is 119 cm³/mol. The van der Waals surface area contributed by atoms with Gasteiger partial charge in [-0.2, -0.15) is 0 Å². The maximum Gasteiger partial charge on any atom is 0.260 e. The molecule has 0 atom stereocenters. The summed E-state index contributed by atoms with van der Waals surface area (Å²) >= 11 is 0. The lowest BCUT2D eigenvalue weighted by Gasteiger charge is -2.14. The summed E-state index contributed by atoms with van der Waals surface area (Å²) in [6.45, 7) is 1.99. The summed E-state index contributed by atoms with van der Waals surface area (Å²) in [5.41, 5.74) is 3.68. The second kappa shape index (κ2) is 8.39. The number of nitrogens with zero attached hydrogens (tertiary/aromatic N) is 2. The highest BCUT2D eigenvalue weighted by molar-refractivity contribution is 6.08. The van der Waals surface area contributed by atoms with Crippen LogP contribution in [0.25, 0.3) is 16.9 Å². The summed E-state index contributed by atoms with van der Waals surface area (Å²) in [4.78, 5) is 18.1. The van der Waals surface area contributed by atoms with Crippen LogP contribution in [0.2, 0.25) is 0 Å². The quantitative estimate of drug-likeness (QED) is 0.497. The van der Waals surface area contributed by atoms with Crippen LogP contribution >= 0.6 is 0 Å². The van der Waals surface area contributed by atoms with Crippen LogP contribution < -0.4 is 19.5 Å². The molecule has 0 aliphatic heterocycles. The Morgan fingerprint density at radius 1 is 0.903 bits per heavy atom. The van der Waals surface area contributed by atoms with E-state index < -0.39 is 0 Å². The average Bonchev–Trinajstić information content (AvgIpc) is 3.15. The van der Waals surface area contributed by atoms with Gasteiger partial charge >= 0.3 is 0 Å². The van der Waals surface area contributed by atoms with Crippen molar-refractivity contribution in [2.75, 3.05) is 26.6 Å². The zero-order chi connectivity index (χ0) is 22.0. The van der Waals surface area contributed by atoms with Crippen molar-refractivity contribution in [1.29, 1.82) is 0 Å². The number of fused-ring (bicyclic) bond motifs is 1. The maximum absolute atomic E-state index is 13.3. The van der Waals surface area contributed by atoms with Crippen molar-refractivity contribution in [2.24, 2.45) is 0 Å². The van der Waals surface area contributed by atoms with E-state index >= 15 is 0 Å². The minimum absolute atomic E-state index is 0.321. The molecule has 0 saturated heterocycles. The van der Waals surface area contributed by atoms with E-state index in [1.807, 2.05) is 60.0 Å². The van der Waals surface area contributed by atoms with Gasteiger partial charge in [-0.1, -0.05) is 36.4 Å². The first kappa shape index (κ1) is 20.3. The van der Waals surface area contributed by atoms with Gasteiger partial charge in [-0.05, 0) is 18.6 Å². The molecule has 0 unspecified atom stereocenters. The van der Waals surface area contributed by atoms with E-state index in [1.165, 1.54) is 21.3 Å². The SMILES string of the molecule is COc1cc(OC)c(C(=O)Nc2c(-c3ccccc3)nc3ccc(C)cn23)cc1OC. The number of methoxy groups -OCH3 is 3. The summed E-state index contributed by atoms with van der Waals surface area (Å²) in [6, 6.07) is 16.9. The first-order valence-corrected chi connectivity index (χ1v) is 9.71. The Balaban J connectivity index is 1.83. The largest absolute Gasteiger partial charge is 0.496 e. The molecule has 2 aromatic carbocycles. The number of aryl methyl sites for hydroxylation is 1. The van der Waals surface area contributed by atoms with Gasteiger partial charge < -0.3 is 19.5 Å². The van der Waals surface area contributed by atoms with E-state index in [-0.39, 0.29) is 5.91 Å². The van der Waals surface area contributed by atoms with E-state index in [0.717, 1.165) is 16.8 Å². The fourth-order valence-corrected chi connectivity index (χ4v) is 3.45. The normalized spacial score (nSPS) is 10.7. The van der Waals surface area contributed by atoms with Crippen molar-refractivity contribution in [3.05, 3.63) is 71.9 Å². The number of nitrogens with one attached hydrogen (secondary N) is 1. The molecule has 31 heavy (non-hydrogen) atoms. The van der Waals surface area contributed by atoms with Crippen molar-refractivity contribution in [3.63, 3.8) is 0 Å². The van der Waals surface area contributed by atoms with Crippen molar-refractivity contribution in [3.8, 4) is 28.5 Å². The molecule has 4 aromatic rings. The monoisotopic (exact) mass is 417 g/mol. The predicted octanol–water partition coefficient (Wildman–Crippen LogP) is 4.59. The molecule has 0 spiro atoms. The smallest absolute Gasteiger partial charge is 0.260 e. The van der Waals surface area contributed by atoms with Crippen molar-refractivity contribution in [2.45, 2.75) is 6.92 Å². The van der Waals surface area contributed by atoms with E-state index in [9.17, 15) is 4.79 Å². The number of hydrogen-bond acceptors (Lipinski definition) is 5. The molecule has 0 bridgehead atoms. The van der Waals surface area contributed by atoms with E-state index in [4.69, 9.17) is 19.2 Å². The zero-order valence-electron chi connectivity index (χ0n) is 17.8. The minimum atomic E-state index is -0.349. The number of ether oxygens (including phenoxy) is 3. The zero-order valence-corrected chi connectivity index (χ0v) is 17.8. The third-order valence-electron chi connectivity index (χ3n) is 5.00. The Morgan fingerprint density at radius 2 is 1.58 bits per heavy atom. The Bertz CT molecular complexity index is 1250. The van der Waals surface area contributed by atoms with Crippen LogP contribution in [0, 0.1) is 6.92 Å². The summed E-state index contributed by atoms with van der Waals surface area (Å²) in [7, 11) is 4.56. The highest BCUT2D eigenvalue weighted by atomic mass is 16.5. The average molecular weight is 417 g/mol. The molecule has 0 aliphatic rings. The lowest BCUT2D eigenvalue weighted by atomic mass is 10.1. The van der Waals surface area contributed by atoms with Crippen LogP contribution in [-0.2, 0) is 0 Å². The number of carbonyl (C=O) groups excluding carboxylic acids is 1. The topological polar surface area (TPSA) is 74.1 Å². The lowest BCUT2D eigenvalue weighted by Crippen LogP contribution is -2.15. The summed E-state index contributed by atoms with van der Waals surface area (Å²) < 4.78 is 18.0. The molecule has 0 saturated carbocycles. The molecule has 2 aromatic heterocycles. The number of anilines is 1. The van der Waals surface area contributed by atoms with Crippen LogP contribution in [-0.4, -0.2) is 36.6 Å². The Labute approximate surface area is 180 Å². The highest BCUT2D eigenvalue weighted by Gasteiger charge is 2.22. The second-order valence-corrected chi connectivity index (χ2v) is 6.97. The first-order chi connectivity index (χ1) is 15.0. The highest BCUT2D eigenvalue weighted by Crippen LogP contribution is 2.36. The fraction of sp³-hybridized carbons (Fsp3) is 0.167. The molecule has 2 heterocycles. The molecule has 4 rings (SSSR count). The van der Waals surface area contributed by atoms with Gasteiger partial charge in [0.15, 0.2) is 11.5 Å². The van der Waals surface area contributed by atoms with Crippen molar-refractivity contribution < 1.29 is 19.0 Å². The number of benzene rings is 2. The Hall–Kier alpha value is -4.00. The van der Waals surface area contributed by atoms with Crippen molar-refractivity contribution >= 4 is 17.4 Å². The number of aromatic nitrogens is 2. The van der Waals surface area contributed by atoms with Crippen LogP contribution in [0.15, 0.2) is 60.8 Å². The first-order valence-electron chi connectivity index (χ1n) is 9.71. The van der Waals surface area contributed by atoms with E-state index in [1.54, 1.807) is 12.1 Å². The molecular weight excluding hydrogens is 394 g/mol. The van der Waals surface area contributed by atoms with Gasteiger partial charge in [0.25, 0.3) is 5.91 Å². The van der Waals surface area contributed by atoms with Crippen molar-refractivity contribution in [1.82, 2.24) is 9.38 Å². The van der Waals surface area contributed by atoms with Gasteiger partial charge in [-0.15, -0.1) is 0 Å². The maximum atomic E-state index is 13.3. The second-order valence-electron chi connectivity index (χ2n) is 6.97. The van der Waals surface area contributed by atoms with Crippen LogP contribution in [0.1, 0.15) is 15.9 Å². The van der Waals surface area contributed by atoms with Gasteiger partial charge in [0.2, 0.25) is 0 Å². The number of amides is 1. The molecule has 0 fully saturated rings. The minimum Gasteiger partial charge on any atom is -0.496 e. The number of imidazole rings is 1.